The van der Waals surface area contributed by atoms with Crippen molar-refractivity contribution in [3.8, 4) is 5.75 Å². The van der Waals surface area contributed by atoms with Crippen molar-refractivity contribution in [2.24, 2.45) is 0 Å². The Morgan fingerprint density at radius 3 is 2.65 bits per heavy atom. The molecule has 0 spiro atoms. The molecular formula is C22H21F5N2O2. The highest BCUT2D eigenvalue weighted by molar-refractivity contribution is 5.77. The van der Waals surface area contributed by atoms with Gasteiger partial charge >= 0.3 is 6.36 Å². The minimum atomic E-state index is -4.60. The fourth-order valence-corrected chi connectivity index (χ4v) is 3.58. The molecule has 4 nitrogen and oxygen atoms in total. The first-order valence-corrected chi connectivity index (χ1v) is 9.70. The maximum absolute atomic E-state index is 13.5. The molecule has 0 bridgehead atoms. The normalized spacial score (nSPS) is 18.2. The van der Waals surface area contributed by atoms with Gasteiger partial charge in [-0.1, -0.05) is 12.1 Å². The van der Waals surface area contributed by atoms with E-state index in [9.17, 15) is 26.7 Å². The van der Waals surface area contributed by atoms with Crippen LogP contribution in [-0.2, 0) is 0 Å². The van der Waals surface area contributed by atoms with Gasteiger partial charge in [0, 0.05) is 42.9 Å². The second-order valence-corrected chi connectivity index (χ2v) is 7.52. The Balaban J connectivity index is 0.000000196. The molecule has 1 N–H and O–H groups in total. The summed E-state index contributed by atoms with van der Waals surface area (Å²) in [7, 11) is 0. The molecule has 0 saturated heterocycles. The van der Waals surface area contributed by atoms with Crippen molar-refractivity contribution in [1.29, 1.82) is 0 Å². The van der Waals surface area contributed by atoms with Gasteiger partial charge in [0.2, 0.25) is 5.92 Å². The maximum atomic E-state index is 13.5. The number of nitrogens with one attached hydrogen (secondary N) is 1. The first-order valence-electron chi connectivity index (χ1n) is 9.70. The SMILES string of the molecule is Cc1cccc(OC(F)(F)F)c1.O=c1cc([C@H]2CCCC(F)(F)C2)[nH]c2ccncc12. The molecule has 1 aliphatic rings. The zero-order valence-corrected chi connectivity index (χ0v) is 16.7. The van der Waals surface area contributed by atoms with E-state index in [-0.39, 0.29) is 29.9 Å². The third-order valence-corrected chi connectivity index (χ3v) is 4.96. The number of aromatic nitrogens is 2. The highest BCUT2D eigenvalue weighted by atomic mass is 19.4. The van der Waals surface area contributed by atoms with Crippen LogP contribution in [0.15, 0.2) is 53.6 Å². The molecule has 2 heterocycles. The summed E-state index contributed by atoms with van der Waals surface area (Å²) in [6, 6.07) is 8.94. The maximum Gasteiger partial charge on any atom is 0.573 e. The number of benzene rings is 1. The topological polar surface area (TPSA) is 55.0 Å². The number of rotatable bonds is 2. The minimum absolute atomic E-state index is 0.0504. The van der Waals surface area contributed by atoms with Crippen LogP contribution in [0.2, 0.25) is 0 Å². The van der Waals surface area contributed by atoms with Gasteiger partial charge in [0.25, 0.3) is 0 Å². The Kier molecular flexibility index (Phi) is 6.62. The van der Waals surface area contributed by atoms with E-state index in [2.05, 4.69) is 14.7 Å². The van der Waals surface area contributed by atoms with Crippen molar-refractivity contribution in [3.63, 3.8) is 0 Å². The molecule has 31 heavy (non-hydrogen) atoms. The van der Waals surface area contributed by atoms with Crippen LogP contribution in [0, 0.1) is 6.92 Å². The molecule has 1 fully saturated rings. The number of aryl methyl sites for hydroxylation is 1. The molecule has 1 atom stereocenters. The van der Waals surface area contributed by atoms with Crippen LogP contribution < -0.4 is 10.2 Å². The largest absolute Gasteiger partial charge is 0.573 e. The first-order chi connectivity index (χ1) is 14.5. The van der Waals surface area contributed by atoms with Crippen LogP contribution in [0.25, 0.3) is 10.9 Å². The van der Waals surface area contributed by atoms with E-state index in [0.29, 0.717) is 29.4 Å². The number of aromatic amines is 1. The van der Waals surface area contributed by atoms with Crippen LogP contribution in [0.4, 0.5) is 22.0 Å². The van der Waals surface area contributed by atoms with Gasteiger partial charge in [-0.05, 0) is 43.5 Å². The summed E-state index contributed by atoms with van der Waals surface area (Å²) in [4.78, 5) is 19.0. The predicted molar refractivity (Wildman–Crippen MR) is 106 cm³/mol. The van der Waals surface area contributed by atoms with Crippen molar-refractivity contribution in [3.05, 3.63) is 70.3 Å². The Labute approximate surface area is 175 Å². The van der Waals surface area contributed by atoms with Crippen LogP contribution >= 0.6 is 0 Å². The highest BCUT2D eigenvalue weighted by Gasteiger charge is 2.37. The second kappa shape index (κ2) is 9.03. The zero-order chi connectivity index (χ0) is 22.6. The predicted octanol–water partition coefficient (Wildman–Crippen LogP) is 6.11. The average Bonchev–Trinajstić information content (AvgIpc) is 2.66. The fourth-order valence-electron chi connectivity index (χ4n) is 3.58. The lowest BCUT2D eigenvalue weighted by Gasteiger charge is -2.28. The lowest BCUT2D eigenvalue weighted by atomic mass is 9.84. The summed E-state index contributed by atoms with van der Waals surface area (Å²) in [5, 5.41) is 0.494. The number of alkyl halides is 5. The summed E-state index contributed by atoms with van der Waals surface area (Å²) >= 11 is 0. The van der Waals surface area contributed by atoms with E-state index in [0.717, 1.165) is 5.56 Å². The Morgan fingerprint density at radius 1 is 1.19 bits per heavy atom. The van der Waals surface area contributed by atoms with Crippen LogP contribution in [0.3, 0.4) is 0 Å². The van der Waals surface area contributed by atoms with E-state index in [1.807, 2.05) is 0 Å². The Morgan fingerprint density at radius 2 is 1.97 bits per heavy atom. The second-order valence-electron chi connectivity index (χ2n) is 7.52. The summed E-state index contributed by atoms with van der Waals surface area (Å²) < 4.78 is 65.5. The minimum Gasteiger partial charge on any atom is -0.406 e. The molecule has 1 saturated carbocycles. The molecule has 4 rings (SSSR count). The van der Waals surface area contributed by atoms with E-state index in [4.69, 9.17) is 0 Å². The summed E-state index contributed by atoms with van der Waals surface area (Å²) in [6.45, 7) is 1.70. The smallest absolute Gasteiger partial charge is 0.406 e. The molecule has 2 aromatic heterocycles. The highest BCUT2D eigenvalue weighted by Crippen LogP contribution is 2.41. The summed E-state index contributed by atoms with van der Waals surface area (Å²) in [6.07, 6.45) is -0.570. The number of hydrogen-bond donors (Lipinski definition) is 1. The Bertz CT molecular complexity index is 1090. The van der Waals surface area contributed by atoms with Crippen molar-refractivity contribution < 1.29 is 26.7 Å². The number of nitrogens with zero attached hydrogens (tertiary/aromatic N) is 1. The van der Waals surface area contributed by atoms with Gasteiger partial charge in [-0.2, -0.15) is 0 Å². The lowest BCUT2D eigenvalue weighted by Crippen LogP contribution is -2.26. The van der Waals surface area contributed by atoms with Gasteiger partial charge in [0.15, 0.2) is 5.43 Å². The van der Waals surface area contributed by atoms with Crippen LogP contribution in [0.5, 0.6) is 5.75 Å². The van der Waals surface area contributed by atoms with Crippen molar-refractivity contribution in [2.75, 3.05) is 0 Å². The molecule has 0 amide bonds. The van der Waals surface area contributed by atoms with Gasteiger partial charge in [-0.15, -0.1) is 13.2 Å². The first kappa shape index (κ1) is 22.7. The lowest BCUT2D eigenvalue weighted by molar-refractivity contribution is -0.274. The number of halogens is 5. The number of ether oxygens (including phenoxy) is 1. The summed E-state index contributed by atoms with van der Waals surface area (Å²) in [5.74, 6) is -3.07. The number of hydrogen-bond acceptors (Lipinski definition) is 3. The third kappa shape index (κ3) is 6.50. The molecule has 1 aromatic carbocycles. The van der Waals surface area contributed by atoms with Gasteiger partial charge in [-0.25, -0.2) is 8.78 Å². The van der Waals surface area contributed by atoms with Gasteiger partial charge in [-0.3, -0.25) is 9.78 Å². The molecular weight excluding hydrogens is 419 g/mol. The third-order valence-electron chi connectivity index (χ3n) is 4.96. The number of H-pyrrole nitrogens is 1. The molecule has 9 heteroatoms. The Hall–Kier alpha value is -2.97. The van der Waals surface area contributed by atoms with E-state index >= 15 is 0 Å². The molecule has 0 unspecified atom stereocenters. The quantitative estimate of drug-likeness (QED) is 0.489. The van der Waals surface area contributed by atoms with E-state index in [1.54, 1.807) is 25.3 Å². The summed E-state index contributed by atoms with van der Waals surface area (Å²) in [5.41, 5.74) is 1.84. The standard InChI is InChI=1S/C14H14F2N2O.C8H7F3O/c15-14(16)4-1-2-9(7-14)12-6-13(19)10-8-17-5-3-11(10)18-12;1-6-3-2-4-7(5-6)12-8(9,10)11/h3,5-6,8-9H,1-2,4,7H2,(H,18,19);2-5H,1H3/t9-;/m0./s1. The monoisotopic (exact) mass is 440 g/mol. The van der Waals surface area contributed by atoms with Gasteiger partial charge < -0.3 is 9.72 Å². The zero-order valence-electron chi connectivity index (χ0n) is 16.7. The molecule has 1 aliphatic carbocycles. The van der Waals surface area contributed by atoms with Crippen molar-refractivity contribution in [1.82, 2.24) is 9.97 Å². The van der Waals surface area contributed by atoms with E-state index < -0.39 is 12.3 Å². The van der Waals surface area contributed by atoms with Crippen molar-refractivity contribution >= 4 is 10.9 Å². The van der Waals surface area contributed by atoms with Crippen molar-refractivity contribution in [2.45, 2.75) is 50.8 Å². The fraction of sp³-hybridized carbons (Fsp3) is 0.364. The number of pyridine rings is 2. The molecule has 0 radical (unpaired) electrons. The average molecular weight is 440 g/mol. The number of fused-ring (bicyclic) bond motifs is 1. The molecule has 166 valence electrons. The van der Waals surface area contributed by atoms with Gasteiger partial charge in [0.05, 0.1) is 10.9 Å². The van der Waals surface area contributed by atoms with E-state index in [1.165, 1.54) is 30.5 Å². The van der Waals surface area contributed by atoms with Crippen LogP contribution in [-0.4, -0.2) is 22.3 Å². The van der Waals surface area contributed by atoms with Crippen LogP contribution in [0.1, 0.15) is 42.9 Å². The molecule has 3 aromatic rings. The van der Waals surface area contributed by atoms with Gasteiger partial charge in [0.1, 0.15) is 5.75 Å². The molecule has 0 aliphatic heterocycles.